The monoisotopic (exact) mass is 627 g/mol. The second kappa shape index (κ2) is 10.8. The number of rotatable bonds is 6. The Morgan fingerprint density at radius 2 is 1.21 bits per heavy atom. The summed E-state index contributed by atoms with van der Waals surface area (Å²) in [6, 6.07) is 14.8. The summed E-state index contributed by atoms with van der Waals surface area (Å²) in [5.41, 5.74) is 6.68. The molecule has 2 aliphatic carbocycles. The zero-order valence-corrected chi connectivity index (χ0v) is 25.8. The van der Waals surface area contributed by atoms with Crippen molar-refractivity contribution in [1.82, 2.24) is 13.8 Å². The van der Waals surface area contributed by atoms with E-state index in [1.54, 1.807) is 36.7 Å². The minimum Gasteiger partial charge on any atom is -0.385 e. The van der Waals surface area contributed by atoms with Gasteiger partial charge in [0.05, 0.1) is 11.0 Å². The lowest BCUT2D eigenvalue weighted by Gasteiger charge is -2.16. The van der Waals surface area contributed by atoms with Gasteiger partial charge < -0.3 is 9.72 Å². The lowest BCUT2D eigenvalue weighted by molar-refractivity contribution is 0.0395. The molecule has 47 heavy (non-hydrogen) atoms. The number of hydrogen-bond donors (Lipinski definition) is 1. The number of halogens is 1. The van der Waals surface area contributed by atoms with E-state index in [9.17, 15) is 23.6 Å². The molecule has 0 spiro atoms. The summed E-state index contributed by atoms with van der Waals surface area (Å²) in [6.07, 6.45) is 10.6. The van der Waals surface area contributed by atoms with E-state index in [2.05, 4.69) is 4.98 Å². The van der Waals surface area contributed by atoms with Gasteiger partial charge in [-0.05, 0) is 138 Å². The maximum Gasteiger partial charge on any atom is 0.351 e. The van der Waals surface area contributed by atoms with Gasteiger partial charge in [-0.2, -0.15) is 0 Å². The number of H-pyrrole nitrogens is 1. The van der Waals surface area contributed by atoms with Crippen molar-refractivity contribution in [3.05, 3.63) is 139 Å². The lowest BCUT2D eigenvalue weighted by atomic mass is 9.96. The predicted octanol–water partition coefficient (Wildman–Crippen LogP) is 7.08. The van der Waals surface area contributed by atoms with Crippen molar-refractivity contribution in [2.24, 2.45) is 0 Å². The molecule has 1 N–H and O–H groups in total. The van der Waals surface area contributed by atoms with E-state index in [1.165, 1.54) is 27.0 Å². The molecule has 8 rings (SSSR count). The highest BCUT2D eigenvalue weighted by atomic mass is 19.1. The topological polar surface area (TPSA) is 102 Å². The fourth-order valence-electron chi connectivity index (χ4n) is 6.84. The van der Waals surface area contributed by atoms with Crippen LogP contribution in [0.25, 0.3) is 33.3 Å². The fourth-order valence-corrected chi connectivity index (χ4v) is 6.84. The number of pyridine rings is 4. The lowest BCUT2D eigenvalue weighted by Crippen LogP contribution is -2.29. The van der Waals surface area contributed by atoms with Crippen LogP contribution in [0.2, 0.25) is 0 Å². The van der Waals surface area contributed by atoms with Gasteiger partial charge in [-0.15, -0.1) is 0 Å². The summed E-state index contributed by atoms with van der Waals surface area (Å²) < 4.78 is 21.8. The number of fused-ring (bicyclic) bond motifs is 2. The molecule has 0 amide bonds. The van der Waals surface area contributed by atoms with Gasteiger partial charge in [-0.25, -0.2) is 14.0 Å². The van der Waals surface area contributed by atoms with E-state index >= 15 is 0 Å². The minimum atomic E-state index is -1.10. The van der Waals surface area contributed by atoms with Crippen LogP contribution in [0.5, 0.6) is 0 Å². The molecule has 1 aromatic carbocycles. The summed E-state index contributed by atoms with van der Waals surface area (Å²) >= 11 is 0. The van der Waals surface area contributed by atoms with Crippen LogP contribution in [0, 0.1) is 19.7 Å². The van der Waals surface area contributed by atoms with Gasteiger partial charge in [-0.3, -0.25) is 18.4 Å². The number of nitrogens with one attached hydrogen (secondary N) is 1. The molecule has 0 saturated heterocycles. The summed E-state index contributed by atoms with van der Waals surface area (Å²) in [5.74, 6) is -2.22. The van der Waals surface area contributed by atoms with Crippen molar-refractivity contribution >= 4 is 23.0 Å². The number of aromatic nitrogens is 3. The van der Waals surface area contributed by atoms with Crippen LogP contribution in [0.4, 0.5) is 4.39 Å². The highest BCUT2D eigenvalue weighted by Gasteiger charge is 2.33. The van der Waals surface area contributed by atoms with Crippen LogP contribution in [-0.4, -0.2) is 25.7 Å². The summed E-state index contributed by atoms with van der Waals surface area (Å²) in [4.78, 5) is 57.5. The van der Waals surface area contributed by atoms with Gasteiger partial charge in [0.15, 0.2) is 0 Å². The average Bonchev–Trinajstić information content (AvgIpc) is 4.01. The third-order valence-electron chi connectivity index (χ3n) is 9.55. The minimum absolute atomic E-state index is 0.139. The number of carbonyl (C=O) groups excluding carboxylic acids is 2. The molecule has 2 fully saturated rings. The van der Waals surface area contributed by atoms with Gasteiger partial charge in [0.25, 0.3) is 11.1 Å². The van der Waals surface area contributed by atoms with Crippen LogP contribution in [0.3, 0.4) is 0 Å². The SMILES string of the molecule is Cc1c(-c2ccc(F)cc2)ccn2c(=O)c(C(=O)OC(=O)c3cc(C4CC4)c4c(C)c(-c5cc[nH]c5)ccn4c3=O)cc(C3CC3)c12. The normalized spacial score (nSPS) is 14.5. The Morgan fingerprint density at radius 1 is 0.723 bits per heavy atom. The molecule has 0 bridgehead atoms. The predicted molar refractivity (Wildman–Crippen MR) is 176 cm³/mol. The number of aryl methyl sites for hydroxylation is 2. The highest BCUT2D eigenvalue weighted by molar-refractivity contribution is 6.03. The summed E-state index contributed by atoms with van der Waals surface area (Å²) in [5, 5.41) is 0. The van der Waals surface area contributed by atoms with E-state index < -0.39 is 23.1 Å². The molecular weight excluding hydrogens is 597 g/mol. The quantitative estimate of drug-likeness (QED) is 0.157. The molecule has 2 aliphatic rings. The zero-order chi connectivity index (χ0) is 32.6. The smallest absolute Gasteiger partial charge is 0.351 e. The molecule has 5 heterocycles. The Kier molecular flexibility index (Phi) is 6.61. The largest absolute Gasteiger partial charge is 0.385 e. The van der Waals surface area contributed by atoms with Crippen molar-refractivity contribution in [3.63, 3.8) is 0 Å². The first-order chi connectivity index (χ1) is 22.7. The zero-order valence-electron chi connectivity index (χ0n) is 25.8. The van der Waals surface area contributed by atoms with Crippen molar-refractivity contribution in [1.29, 1.82) is 0 Å². The first-order valence-electron chi connectivity index (χ1n) is 15.7. The first-order valence-corrected chi connectivity index (χ1v) is 15.7. The number of hydrogen-bond acceptors (Lipinski definition) is 5. The number of ether oxygens (including phenoxy) is 1. The van der Waals surface area contributed by atoms with E-state index in [0.717, 1.165) is 75.7 Å². The number of carbonyl (C=O) groups is 2. The third kappa shape index (κ3) is 4.81. The molecule has 0 radical (unpaired) electrons. The number of aromatic amines is 1. The van der Waals surface area contributed by atoms with Gasteiger partial charge in [0, 0.05) is 24.8 Å². The van der Waals surface area contributed by atoms with Crippen LogP contribution >= 0.6 is 0 Å². The number of benzene rings is 1. The summed E-state index contributed by atoms with van der Waals surface area (Å²) in [6.45, 7) is 3.86. The Bertz CT molecular complexity index is 2400. The Morgan fingerprint density at radius 3 is 1.66 bits per heavy atom. The second-order valence-corrected chi connectivity index (χ2v) is 12.6. The summed E-state index contributed by atoms with van der Waals surface area (Å²) in [7, 11) is 0. The van der Waals surface area contributed by atoms with Crippen LogP contribution in [0.1, 0.15) is 80.5 Å². The van der Waals surface area contributed by atoms with Gasteiger partial charge >= 0.3 is 11.9 Å². The molecule has 8 nitrogen and oxygen atoms in total. The Balaban J connectivity index is 1.18. The Hall–Kier alpha value is -5.57. The first kappa shape index (κ1) is 28.9. The van der Waals surface area contributed by atoms with E-state index in [-0.39, 0.29) is 28.8 Å². The average molecular weight is 628 g/mol. The second-order valence-electron chi connectivity index (χ2n) is 12.6. The molecule has 2 saturated carbocycles. The maximum atomic E-state index is 13.7. The molecule has 0 atom stereocenters. The molecule has 0 aliphatic heterocycles. The highest BCUT2D eigenvalue weighted by Crippen LogP contribution is 2.44. The van der Waals surface area contributed by atoms with Gasteiger partial charge in [0.1, 0.15) is 16.9 Å². The van der Waals surface area contributed by atoms with Crippen LogP contribution in [0.15, 0.2) is 89.0 Å². The molecular formula is C38H30FN3O5. The van der Waals surface area contributed by atoms with Gasteiger partial charge in [-0.1, -0.05) is 12.1 Å². The maximum absolute atomic E-state index is 13.7. The van der Waals surface area contributed by atoms with Crippen LogP contribution < -0.4 is 11.1 Å². The van der Waals surface area contributed by atoms with E-state index in [1.807, 2.05) is 38.4 Å². The van der Waals surface area contributed by atoms with Gasteiger partial charge in [0.2, 0.25) is 0 Å². The Labute approximate surface area is 268 Å². The number of nitrogens with zero attached hydrogens (tertiary/aromatic N) is 2. The third-order valence-corrected chi connectivity index (χ3v) is 9.55. The van der Waals surface area contributed by atoms with Crippen molar-refractivity contribution < 1.29 is 18.7 Å². The molecule has 6 aromatic rings. The fraction of sp³-hybridized carbons (Fsp3) is 0.211. The molecule has 9 heteroatoms. The van der Waals surface area contributed by atoms with Crippen molar-refractivity contribution in [2.75, 3.05) is 0 Å². The van der Waals surface area contributed by atoms with E-state index in [4.69, 9.17) is 4.74 Å². The van der Waals surface area contributed by atoms with Crippen molar-refractivity contribution in [2.45, 2.75) is 51.4 Å². The van der Waals surface area contributed by atoms with E-state index in [0.29, 0.717) is 5.52 Å². The van der Waals surface area contributed by atoms with Crippen LogP contribution in [-0.2, 0) is 4.74 Å². The number of esters is 2. The van der Waals surface area contributed by atoms with Crippen molar-refractivity contribution in [3.8, 4) is 22.3 Å². The standard InChI is InChI=1S/C38H30FN3O5/c1-20-27(22-7-9-26(39)10-8-22)12-15-41-33(20)29(23-3-4-23)17-31(35(41)43)37(45)47-38(46)32-18-30(24-5-6-24)34-21(2)28(25-11-14-40-19-25)13-16-42(34)36(32)44/h7-19,23-24,40H,3-6H2,1-2H3. The molecule has 234 valence electrons. The molecule has 0 unspecified atom stereocenters. The molecule has 5 aromatic heterocycles.